The number of rotatable bonds is 4. The molecule has 0 saturated carbocycles. The molecule has 6 heteroatoms. The van der Waals surface area contributed by atoms with Gasteiger partial charge in [0.2, 0.25) is 0 Å². The van der Waals surface area contributed by atoms with Gasteiger partial charge in [-0.3, -0.25) is 4.68 Å². The second-order valence-corrected chi connectivity index (χ2v) is 4.56. The number of nitrogens with zero attached hydrogens (tertiary/aromatic N) is 2. The molecule has 0 aliphatic carbocycles. The highest BCUT2D eigenvalue weighted by Crippen LogP contribution is 2.33. The lowest BCUT2D eigenvalue weighted by molar-refractivity contribution is -0.131. The predicted molar refractivity (Wildman–Crippen MR) is 75.8 cm³/mol. The molecule has 2 aromatic rings. The largest absolute Gasteiger partial charge is 0.478 e. The van der Waals surface area contributed by atoms with E-state index >= 15 is 0 Å². The Balaban J connectivity index is 2.46. The van der Waals surface area contributed by atoms with Gasteiger partial charge in [0.25, 0.3) is 0 Å². The molecule has 0 aliphatic rings. The number of para-hydroxylation sites is 1. The molecular formula is C15H15FN2O3. The van der Waals surface area contributed by atoms with Gasteiger partial charge in [-0.05, 0) is 26.0 Å². The van der Waals surface area contributed by atoms with Gasteiger partial charge in [-0.2, -0.15) is 5.10 Å². The summed E-state index contributed by atoms with van der Waals surface area (Å²) in [5.74, 6) is -1.23. The Morgan fingerprint density at radius 3 is 2.67 bits per heavy atom. The third-order valence-electron chi connectivity index (χ3n) is 3.05. The molecule has 21 heavy (non-hydrogen) atoms. The summed E-state index contributed by atoms with van der Waals surface area (Å²) < 4.78 is 21.3. The Bertz CT molecular complexity index is 720. The lowest BCUT2D eigenvalue weighted by Crippen LogP contribution is -1.96. The quantitative estimate of drug-likeness (QED) is 0.879. The number of ether oxygens (including phenoxy) is 1. The first-order valence-corrected chi connectivity index (χ1v) is 6.27. The van der Waals surface area contributed by atoms with E-state index in [4.69, 9.17) is 9.84 Å². The van der Waals surface area contributed by atoms with Gasteiger partial charge in [0.15, 0.2) is 17.3 Å². The van der Waals surface area contributed by atoms with Crippen LogP contribution in [0.4, 0.5) is 4.39 Å². The lowest BCUT2D eigenvalue weighted by Gasteiger charge is -2.10. The molecule has 110 valence electrons. The Hall–Kier alpha value is -2.63. The normalized spacial score (nSPS) is 11.0. The van der Waals surface area contributed by atoms with Crippen molar-refractivity contribution >= 4 is 12.0 Å². The van der Waals surface area contributed by atoms with Crippen molar-refractivity contribution in [2.75, 3.05) is 0 Å². The molecule has 0 amide bonds. The van der Waals surface area contributed by atoms with E-state index in [1.165, 1.54) is 18.2 Å². The second-order valence-electron chi connectivity index (χ2n) is 4.56. The average molecular weight is 290 g/mol. The first kappa shape index (κ1) is 14.8. The van der Waals surface area contributed by atoms with E-state index in [2.05, 4.69) is 5.10 Å². The third-order valence-corrected chi connectivity index (χ3v) is 3.05. The number of carboxylic acids is 1. The van der Waals surface area contributed by atoms with Crippen molar-refractivity contribution in [1.82, 2.24) is 9.78 Å². The molecule has 1 aromatic heterocycles. The number of aryl methyl sites for hydroxylation is 2. The average Bonchev–Trinajstić information content (AvgIpc) is 2.65. The van der Waals surface area contributed by atoms with Crippen LogP contribution in [0.25, 0.3) is 6.08 Å². The molecule has 1 aromatic carbocycles. The maximum atomic E-state index is 14.0. The van der Waals surface area contributed by atoms with Crippen molar-refractivity contribution in [3.05, 3.63) is 47.0 Å². The van der Waals surface area contributed by atoms with Gasteiger partial charge >= 0.3 is 5.97 Å². The summed E-state index contributed by atoms with van der Waals surface area (Å²) in [6.45, 7) is 3.57. The highest BCUT2D eigenvalue weighted by Gasteiger charge is 2.16. The number of hydrogen-bond donors (Lipinski definition) is 1. The fraction of sp³-hybridized carbons (Fsp3) is 0.200. The van der Waals surface area contributed by atoms with Crippen LogP contribution in [0.15, 0.2) is 24.3 Å². The number of aromatic nitrogens is 2. The fourth-order valence-corrected chi connectivity index (χ4v) is 1.93. The summed E-state index contributed by atoms with van der Waals surface area (Å²) in [6.07, 6.45) is 2.23. The first-order chi connectivity index (χ1) is 9.90. The van der Waals surface area contributed by atoms with E-state index in [9.17, 15) is 9.18 Å². The summed E-state index contributed by atoms with van der Waals surface area (Å²) in [7, 11) is 1.77. The number of hydrogen-bond acceptors (Lipinski definition) is 3. The Morgan fingerprint density at radius 2 is 2.10 bits per heavy atom. The van der Waals surface area contributed by atoms with Gasteiger partial charge in [-0.1, -0.05) is 12.1 Å². The minimum absolute atomic E-state index is 0.0193. The van der Waals surface area contributed by atoms with Gasteiger partial charge in [-0.25, -0.2) is 9.18 Å². The van der Waals surface area contributed by atoms with Crippen molar-refractivity contribution in [2.24, 2.45) is 7.05 Å². The van der Waals surface area contributed by atoms with Crippen molar-refractivity contribution < 1.29 is 19.0 Å². The summed E-state index contributed by atoms with van der Waals surface area (Å²) in [5.41, 5.74) is 1.73. The van der Waals surface area contributed by atoms with Gasteiger partial charge in [-0.15, -0.1) is 0 Å². The summed E-state index contributed by atoms with van der Waals surface area (Å²) in [6, 6.07) is 4.33. The van der Waals surface area contributed by atoms with Gasteiger partial charge in [0.05, 0.1) is 5.69 Å². The van der Waals surface area contributed by atoms with Gasteiger partial charge in [0.1, 0.15) is 5.69 Å². The molecule has 0 bridgehead atoms. The van der Waals surface area contributed by atoms with E-state index in [0.29, 0.717) is 17.0 Å². The standard InChI is InChI=1S/C15H15FN2O3/c1-9-14(10(2)18(3)17-9)21-15-11(7-8-13(19)20)5-4-6-12(15)16/h4-8H,1-3H3,(H,19,20)/b8-7+. The highest BCUT2D eigenvalue weighted by molar-refractivity contribution is 5.86. The van der Waals surface area contributed by atoms with Crippen molar-refractivity contribution in [3.8, 4) is 11.5 Å². The van der Waals surface area contributed by atoms with Crippen molar-refractivity contribution in [2.45, 2.75) is 13.8 Å². The van der Waals surface area contributed by atoms with E-state index < -0.39 is 11.8 Å². The number of halogens is 1. The summed E-state index contributed by atoms with van der Waals surface area (Å²) >= 11 is 0. The molecule has 0 atom stereocenters. The van der Waals surface area contributed by atoms with Crippen LogP contribution in [0.5, 0.6) is 11.5 Å². The Morgan fingerprint density at radius 1 is 1.38 bits per heavy atom. The Kier molecular flexibility index (Phi) is 4.07. The fourth-order valence-electron chi connectivity index (χ4n) is 1.93. The van der Waals surface area contributed by atoms with Crippen LogP contribution in [0.3, 0.4) is 0 Å². The van der Waals surface area contributed by atoms with Crippen molar-refractivity contribution in [1.29, 1.82) is 0 Å². The van der Waals surface area contributed by atoms with Gasteiger partial charge in [0, 0.05) is 18.7 Å². The predicted octanol–water partition coefficient (Wildman–Crippen LogP) is 3.07. The van der Waals surface area contributed by atoms with Crippen LogP contribution in [-0.2, 0) is 11.8 Å². The number of carbonyl (C=O) groups is 1. The smallest absolute Gasteiger partial charge is 0.328 e. The molecule has 1 N–H and O–H groups in total. The van der Waals surface area contributed by atoms with E-state index in [1.807, 2.05) is 6.92 Å². The van der Waals surface area contributed by atoms with Crippen molar-refractivity contribution in [3.63, 3.8) is 0 Å². The minimum atomic E-state index is -1.11. The topological polar surface area (TPSA) is 64.4 Å². The van der Waals surface area contributed by atoms with Crippen LogP contribution in [-0.4, -0.2) is 20.9 Å². The second kappa shape index (κ2) is 5.78. The molecule has 0 spiro atoms. The van der Waals surface area contributed by atoms with Crippen LogP contribution in [0.2, 0.25) is 0 Å². The number of carboxylic acid groups (broad SMARTS) is 1. The van der Waals surface area contributed by atoms with Crippen LogP contribution < -0.4 is 4.74 Å². The molecule has 0 saturated heterocycles. The molecule has 1 heterocycles. The monoisotopic (exact) mass is 290 g/mol. The van der Waals surface area contributed by atoms with E-state index in [-0.39, 0.29) is 5.75 Å². The third kappa shape index (κ3) is 3.10. The Labute approximate surface area is 121 Å². The highest BCUT2D eigenvalue weighted by atomic mass is 19.1. The SMILES string of the molecule is Cc1nn(C)c(C)c1Oc1c(F)cccc1/C=C/C(=O)O. The zero-order valence-electron chi connectivity index (χ0n) is 11.9. The molecule has 2 rings (SSSR count). The van der Waals surface area contributed by atoms with Crippen LogP contribution in [0.1, 0.15) is 17.0 Å². The molecule has 0 fully saturated rings. The zero-order chi connectivity index (χ0) is 15.6. The zero-order valence-corrected chi connectivity index (χ0v) is 11.9. The number of benzene rings is 1. The summed E-state index contributed by atoms with van der Waals surface area (Å²) in [5, 5.41) is 12.9. The van der Waals surface area contributed by atoms with E-state index in [0.717, 1.165) is 11.8 Å². The molecule has 5 nitrogen and oxygen atoms in total. The maximum Gasteiger partial charge on any atom is 0.328 e. The molecule has 0 radical (unpaired) electrons. The molecular weight excluding hydrogens is 275 g/mol. The van der Waals surface area contributed by atoms with Crippen LogP contribution >= 0.6 is 0 Å². The number of aliphatic carboxylic acids is 1. The van der Waals surface area contributed by atoms with E-state index in [1.54, 1.807) is 24.7 Å². The molecule has 0 unspecified atom stereocenters. The minimum Gasteiger partial charge on any atom is -0.478 e. The van der Waals surface area contributed by atoms with Gasteiger partial charge < -0.3 is 9.84 Å². The molecule has 0 aliphatic heterocycles. The maximum absolute atomic E-state index is 14.0. The summed E-state index contributed by atoms with van der Waals surface area (Å²) in [4.78, 5) is 10.6. The lowest BCUT2D eigenvalue weighted by atomic mass is 10.1. The first-order valence-electron chi connectivity index (χ1n) is 6.27. The van der Waals surface area contributed by atoms with Crippen LogP contribution in [0, 0.1) is 19.7 Å².